The van der Waals surface area contributed by atoms with Crippen LogP contribution in [0, 0.1) is 0 Å². The van der Waals surface area contributed by atoms with Crippen LogP contribution in [0.15, 0.2) is 35.1 Å². The summed E-state index contributed by atoms with van der Waals surface area (Å²) in [4.78, 5) is 0. The SMILES string of the molecule is OCc1cc(-c2cnn(C3CCCCO3)c2)ccc1Br. The van der Waals surface area contributed by atoms with Crippen molar-refractivity contribution in [1.29, 1.82) is 0 Å². The molecule has 1 unspecified atom stereocenters. The van der Waals surface area contributed by atoms with E-state index in [9.17, 15) is 5.11 Å². The number of aliphatic hydroxyl groups is 1. The Balaban J connectivity index is 1.85. The summed E-state index contributed by atoms with van der Waals surface area (Å²) >= 11 is 3.43. The molecule has 1 saturated heterocycles. The van der Waals surface area contributed by atoms with Crippen LogP contribution in [0.25, 0.3) is 11.1 Å². The second kappa shape index (κ2) is 6.08. The minimum absolute atomic E-state index is 0.0221. The van der Waals surface area contributed by atoms with Gasteiger partial charge in [0.1, 0.15) is 6.23 Å². The molecule has 1 aromatic heterocycles. The summed E-state index contributed by atoms with van der Waals surface area (Å²) in [6.45, 7) is 0.834. The van der Waals surface area contributed by atoms with Crippen LogP contribution in [-0.2, 0) is 11.3 Å². The molecule has 1 aliphatic rings. The fourth-order valence-electron chi connectivity index (χ4n) is 2.45. The number of hydrogen-bond donors (Lipinski definition) is 1. The number of benzene rings is 1. The lowest BCUT2D eigenvalue weighted by molar-refractivity contribution is -0.0394. The van der Waals surface area contributed by atoms with E-state index in [1.807, 2.05) is 35.3 Å². The van der Waals surface area contributed by atoms with Gasteiger partial charge in [-0.2, -0.15) is 5.10 Å². The molecule has 0 aliphatic carbocycles. The molecule has 1 atom stereocenters. The lowest BCUT2D eigenvalue weighted by Crippen LogP contribution is -2.18. The Labute approximate surface area is 126 Å². The summed E-state index contributed by atoms with van der Waals surface area (Å²) in [7, 11) is 0. The zero-order valence-electron chi connectivity index (χ0n) is 11.1. The normalized spacial score (nSPS) is 19.2. The van der Waals surface area contributed by atoms with Crippen molar-refractivity contribution in [3.63, 3.8) is 0 Å². The monoisotopic (exact) mass is 336 g/mol. The molecule has 0 radical (unpaired) electrons. The second-order valence-electron chi connectivity index (χ2n) is 4.99. The summed E-state index contributed by atoms with van der Waals surface area (Å²) < 4.78 is 8.55. The van der Waals surface area contributed by atoms with Crippen molar-refractivity contribution in [1.82, 2.24) is 9.78 Å². The van der Waals surface area contributed by atoms with Gasteiger partial charge in [-0.1, -0.05) is 22.0 Å². The summed E-state index contributed by atoms with van der Waals surface area (Å²) in [6, 6.07) is 5.95. The average molecular weight is 337 g/mol. The van der Waals surface area contributed by atoms with Gasteiger partial charge in [0.15, 0.2) is 0 Å². The van der Waals surface area contributed by atoms with E-state index in [-0.39, 0.29) is 12.8 Å². The highest BCUT2D eigenvalue weighted by Crippen LogP contribution is 2.28. The zero-order valence-corrected chi connectivity index (χ0v) is 12.7. The number of nitrogens with zero attached hydrogens (tertiary/aromatic N) is 2. The fraction of sp³-hybridized carbons (Fsp3) is 0.400. The van der Waals surface area contributed by atoms with E-state index in [0.29, 0.717) is 0 Å². The van der Waals surface area contributed by atoms with E-state index in [1.54, 1.807) is 0 Å². The topological polar surface area (TPSA) is 47.3 Å². The molecule has 2 heterocycles. The van der Waals surface area contributed by atoms with Crippen LogP contribution in [0.2, 0.25) is 0 Å². The van der Waals surface area contributed by atoms with Crippen LogP contribution >= 0.6 is 15.9 Å². The molecule has 0 saturated carbocycles. The first-order valence-electron chi connectivity index (χ1n) is 6.83. The molecule has 0 amide bonds. The highest BCUT2D eigenvalue weighted by Gasteiger charge is 2.16. The van der Waals surface area contributed by atoms with Crippen LogP contribution in [0.4, 0.5) is 0 Å². The molecule has 5 heteroatoms. The predicted octanol–water partition coefficient (Wildman–Crippen LogP) is 3.50. The Morgan fingerprint density at radius 2 is 2.25 bits per heavy atom. The van der Waals surface area contributed by atoms with Gasteiger partial charge in [-0.15, -0.1) is 0 Å². The Hall–Kier alpha value is -1.17. The maximum absolute atomic E-state index is 9.33. The molecule has 2 aromatic rings. The lowest BCUT2D eigenvalue weighted by atomic mass is 10.1. The van der Waals surface area contributed by atoms with Gasteiger partial charge in [0.2, 0.25) is 0 Å². The van der Waals surface area contributed by atoms with Gasteiger partial charge < -0.3 is 9.84 Å². The smallest absolute Gasteiger partial charge is 0.150 e. The first-order chi connectivity index (χ1) is 9.78. The van der Waals surface area contributed by atoms with Gasteiger partial charge in [0.25, 0.3) is 0 Å². The van der Waals surface area contributed by atoms with Gasteiger partial charge in [0.05, 0.1) is 12.8 Å². The predicted molar refractivity (Wildman–Crippen MR) is 80.1 cm³/mol. The number of rotatable bonds is 3. The van der Waals surface area contributed by atoms with Gasteiger partial charge in [-0.05, 0) is 42.5 Å². The molecule has 1 N–H and O–H groups in total. The van der Waals surface area contributed by atoms with Gasteiger partial charge in [-0.3, -0.25) is 0 Å². The van der Waals surface area contributed by atoms with Gasteiger partial charge in [-0.25, -0.2) is 4.68 Å². The van der Waals surface area contributed by atoms with Crippen molar-refractivity contribution in [3.05, 3.63) is 40.6 Å². The Morgan fingerprint density at radius 1 is 1.35 bits per heavy atom. The summed E-state index contributed by atoms with van der Waals surface area (Å²) in [5.74, 6) is 0. The molecule has 0 spiro atoms. The number of ether oxygens (including phenoxy) is 1. The summed E-state index contributed by atoms with van der Waals surface area (Å²) in [6.07, 6.45) is 7.26. The largest absolute Gasteiger partial charge is 0.392 e. The molecular weight excluding hydrogens is 320 g/mol. The second-order valence-corrected chi connectivity index (χ2v) is 5.85. The third-order valence-corrected chi connectivity index (χ3v) is 4.38. The number of aliphatic hydroxyl groups excluding tert-OH is 1. The van der Waals surface area contributed by atoms with Crippen molar-refractivity contribution in [3.8, 4) is 11.1 Å². The van der Waals surface area contributed by atoms with Crippen LogP contribution < -0.4 is 0 Å². The Kier molecular flexibility index (Phi) is 4.19. The van der Waals surface area contributed by atoms with E-state index >= 15 is 0 Å². The molecule has 106 valence electrons. The van der Waals surface area contributed by atoms with E-state index < -0.39 is 0 Å². The number of halogens is 1. The van der Waals surface area contributed by atoms with Crippen molar-refractivity contribution in [2.45, 2.75) is 32.1 Å². The maximum atomic E-state index is 9.33. The van der Waals surface area contributed by atoms with E-state index in [4.69, 9.17) is 4.74 Å². The number of hydrogen-bond acceptors (Lipinski definition) is 3. The van der Waals surface area contributed by atoms with Gasteiger partial charge >= 0.3 is 0 Å². The molecule has 1 aromatic carbocycles. The minimum Gasteiger partial charge on any atom is -0.392 e. The highest BCUT2D eigenvalue weighted by molar-refractivity contribution is 9.10. The standard InChI is InChI=1S/C15H17BrN2O2/c16-14-5-4-11(7-12(14)10-19)13-8-17-18(9-13)15-3-1-2-6-20-15/h4-5,7-9,15,19H,1-3,6,10H2. The summed E-state index contributed by atoms with van der Waals surface area (Å²) in [5.41, 5.74) is 2.98. The highest BCUT2D eigenvalue weighted by atomic mass is 79.9. The number of aromatic nitrogens is 2. The Morgan fingerprint density at radius 3 is 3.00 bits per heavy atom. The van der Waals surface area contributed by atoms with Crippen molar-refractivity contribution in [2.24, 2.45) is 0 Å². The van der Waals surface area contributed by atoms with Crippen LogP contribution in [0.1, 0.15) is 31.1 Å². The van der Waals surface area contributed by atoms with Crippen molar-refractivity contribution < 1.29 is 9.84 Å². The average Bonchev–Trinajstić information content (AvgIpc) is 2.98. The van der Waals surface area contributed by atoms with Crippen LogP contribution in [0.5, 0.6) is 0 Å². The van der Waals surface area contributed by atoms with E-state index in [1.165, 1.54) is 6.42 Å². The molecule has 4 nitrogen and oxygen atoms in total. The minimum atomic E-state index is 0.0221. The molecule has 0 bridgehead atoms. The molecule has 20 heavy (non-hydrogen) atoms. The third-order valence-electron chi connectivity index (χ3n) is 3.60. The quantitative estimate of drug-likeness (QED) is 0.932. The van der Waals surface area contributed by atoms with E-state index in [2.05, 4.69) is 21.0 Å². The van der Waals surface area contributed by atoms with Crippen molar-refractivity contribution in [2.75, 3.05) is 6.61 Å². The maximum Gasteiger partial charge on any atom is 0.150 e. The molecule has 1 fully saturated rings. The lowest BCUT2D eigenvalue weighted by Gasteiger charge is -2.22. The Bertz CT molecular complexity index is 591. The first-order valence-corrected chi connectivity index (χ1v) is 7.62. The van der Waals surface area contributed by atoms with Gasteiger partial charge in [0, 0.05) is 22.8 Å². The third kappa shape index (κ3) is 2.80. The molecule has 3 rings (SSSR count). The molecule has 1 aliphatic heterocycles. The fourth-order valence-corrected chi connectivity index (χ4v) is 2.82. The first kappa shape index (κ1) is 13.8. The van der Waals surface area contributed by atoms with Crippen LogP contribution in [0.3, 0.4) is 0 Å². The van der Waals surface area contributed by atoms with Crippen molar-refractivity contribution >= 4 is 15.9 Å². The van der Waals surface area contributed by atoms with E-state index in [0.717, 1.165) is 40.6 Å². The summed E-state index contributed by atoms with van der Waals surface area (Å²) in [5, 5.41) is 13.7. The molecular formula is C15H17BrN2O2. The van der Waals surface area contributed by atoms with Crippen LogP contribution in [-0.4, -0.2) is 21.5 Å². The zero-order chi connectivity index (χ0) is 13.9.